The van der Waals surface area contributed by atoms with Gasteiger partial charge in [0, 0.05) is 11.5 Å². The highest BCUT2D eigenvalue weighted by Crippen LogP contribution is 2.27. The summed E-state index contributed by atoms with van der Waals surface area (Å²) < 4.78 is 28.6. The van der Waals surface area contributed by atoms with Gasteiger partial charge < -0.3 is 16.2 Å². The van der Waals surface area contributed by atoms with Gasteiger partial charge >= 0.3 is 0 Å². The quantitative estimate of drug-likeness (QED) is 0.395. The lowest BCUT2D eigenvalue weighted by Gasteiger charge is -2.12. The number of benzene rings is 2. The van der Waals surface area contributed by atoms with E-state index in [1.165, 1.54) is 24.3 Å². The van der Waals surface area contributed by atoms with Gasteiger partial charge in [0.1, 0.15) is 17.9 Å². The predicted molar refractivity (Wildman–Crippen MR) is 114 cm³/mol. The topological polar surface area (TPSA) is 119 Å². The van der Waals surface area contributed by atoms with E-state index in [0.29, 0.717) is 12.2 Å². The van der Waals surface area contributed by atoms with Gasteiger partial charge in [0.25, 0.3) is 5.91 Å². The third-order valence-electron chi connectivity index (χ3n) is 4.88. The molecule has 4 rings (SSSR count). The molecule has 0 aliphatic rings. The third-order valence-corrected chi connectivity index (χ3v) is 5.17. The molecule has 0 saturated carbocycles. The van der Waals surface area contributed by atoms with Crippen molar-refractivity contribution >= 4 is 34.2 Å². The highest BCUT2D eigenvalue weighted by molar-refractivity contribution is 6.31. The molecule has 2 aromatic heterocycles. The minimum Gasteiger partial charge on any atom is -0.373 e. The number of nitrogens with two attached hydrogens (primary N) is 1. The van der Waals surface area contributed by atoms with Crippen LogP contribution >= 0.6 is 11.6 Å². The fourth-order valence-corrected chi connectivity index (χ4v) is 3.31. The van der Waals surface area contributed by atoms with Crippen molar-refractivity contribution in [2.45, 2.75) is 19.7 Å². The fourth-order valence-electron chi connectivity index (χ4n) is 3.14. The molecule has 1 atom stereocenters. The molecule has 4 N–H and O–H groups in total. The van der Waals surface area contributed by atoms with Crippen molar-refractivity contribution in [1.82, 2.24) is 20.0 Å². The van der Waals surface area contributed by atoms with Crippen LogP contribution in [-0.2, 0) is 6.54 Å². The van der Waals surface area contributed by atoms with E-state index in [2.05, 4.69) is 20.6 Å². The molecule has 164 valence electrons. The zero-order valence-electron chi connectivity index (χ0n) is 16.7. The van der Waals surface area contributed by atoms with Crippen LogP contribution in [0.5, 0.6) is 0 Å². The molecule has 32 heavy (non-hydrogen) atoms. The van der Waals surface area contributed by atoms with Crippen molar-refractivity contribution in [2.75, 3.05) is 5.32 Å². The first-order chi connectivity index (χ1) is 15.2. The van der Waals surface area contributed by atoms with Gasteiger partial charge in [-0.05, 0) is 36.8 Å². The first kappa shape index (κ1) is 21.8. The van der Waals surface area contributed by atoms with Gasteiger partial charge in [-0.1, -0.05) is 28.9 Å². The number of nitrogens with one attached hydrogen (secondary N) is 1. The maximum Gasteiger partial charge on any atom is 0.257 e. The van der Waals surface area contributed by atoms with Crippen molar-refractivity contribution < 1.29 is 18.7 Å². The summed E-state index contributed by atoms with van der Waals surface area (Å²) in [6.07, 6.45) is -1.47. The number of fused-ring (bicyclic) bond motifs is 1. The molecule has 0 bridgehead atoms. The Morgan fingerprint density at radius 1 is 1.25 bits per heavy atom. The molecular weight excluding hydrogens is 442 g/mol. The maximum absolute atomic E-state index is 13.9. The van der Waals surface area contributed by atoms with E-state index in [4.69, 9.17) is 17.3 Å². The minimum atomic E-state index is -1.47. The van der Waals surface area contributed by atoms with Crippen LogP contribution in [0.4, 0.5) is 14.6 Å². The number of nitrogens with zero attached hydrogens (tertiary/aromatic N) is 4. The van der Waals surface area contributed by atoms with Crippen LogP contribution in [0.25, 0.3) is 10.9 Å². The summed E-state index contributed by atoms with van der Waals surface area (Å²) in [4.78, 5) is 17.1. The largest absolute Gasteiger partial charge is 0.373 e. The normalized spacial score (nSPS) is 12.2. The number of hydrogen-bond acceptors (Lipinski definition) is 6. The van der Waals surface area contributed by atoms with E-state index in [-0.39, 0.29) is 38.8 Å². The first-order valence-electron chi connectivity index (χ1n) is 9.42. The summed E-state index contributed by atoms with van der Waals surface area (Å²) in [5.74, 6) is -1.46. The lowest BCUT2D eigenvalue weighted by Crippen LogP contribution is -2.17. The number of aliphatic hydroxyl groups is 1. The summed E-state index contributed by atoms with van der Waals surface area (Å²) in [5.41, 5.74) is 7.03. The lowest BCUT2D eigenvalue weighted by molar-refractivity contribution is 0.102. The number of anilines is 1. The van der Waals surface area contributed by atoms with E-state index in [0.717, 1.165) is 11.6 Å². The van der Waals surface area contributed by atoms with E-state index >= 15 is 0 Å². The van der Waals surface area contributed by atoms with Gasteiger partial charge in [0.15, 0.2) is 5.82 Å². The molecule has 1 unspecified atom stereocenters. The third kappa shape index (κ3) is 4.28. The number of carbonyl (C=O) groups excluding carboxylic acids is 1. The summed E-state index contributed by atoms with van der Waals surface area (Å²) >= 11 is 5.88. The van der Waals surface area contributed by atoms with Crippen molar-refractivity contribution in [3.8, 4) is 0 Å². The van der Waals surface area contributed by atoms with E-state index in [1.807, 2.05) is 0 Å². The average molecular weight is 459 g/mol. The number of amides is 1. The fraction of sp³-hybridized carbons (Fsp3) is 0.143. The molecule has 4 aromatic rings. The van der Waals surface area contributed by atoms with Crippen LogP contribution in [0.15, 0.2) is 42.5 Å². The lowest BCUT2D eigenvalue weighted by atomic mass is 10.1. The van der Waals surface area contributed by atoms with Crippen LogP contribution in [0.2, 0.25) is 5.02 Å². The molecule has 0 aliphatic carbocycles. The summed E-state index contributed by atoms with van der Waals surface area (Å²) in [5, 5.41) is 20.5. The van der Waals surface area contributed by atoms with Gasteiger partial charge in [-0.2, -0.15) is 0 Å². The Kier molecular flexibility index (Phi) is 5.83. The van der Waals surface area contributed by atoms with Crippen LogP contribution in [-0.4, -0.2) is 31.0 Å². The highest BCUT2D eigenvalue weighted by atomic mass is 35.5. The standard InChI is InChI=1S/C21H17ClF2N6O2/c1-10-20(28-29-30(10)9-11-2-4-12(23)5-3-11)27-21(32)14-7-18(19(25)31)26-17-8-16(24)15(22)6-13(14)17/h2-8,19,31H,9,25H2,1H3,(H,27,32). The number of aromatic nitrogens is 4. The molecule has 0 spiro atoms. The number of pyridine rings is 1. The van der Waals surface area contributed by atoms with Crippen molar-refractivity contribution in [3.05, 3.63) is 81.6 Å². The molecule has 0 fully saturated rings. The smallest absolute Gasteiger partial charge is 0.257 e. The minimum absolute atomic E-state index is 0.0129. The number of rotatable bonds is 5. The van der Waals surface area contributed by atoms with Crippen LogP contribution in [0.1, 0.15) is 33.5 Å². The molecule has 2 heterocycles. The molecule has 2 aromatic carbocycles. The molecule has 11 heteroatoms. The SMILES string of the molecule is Cc1c(NC(=O)c2cc(C(N)O)nc3cc(F)c(Cl)cc23)nnn1Cc1ccc(F)cc1. The maximum atomic E-state index is 13.9. The van der Waals surface area contributed by atoms with Gasteiger partial charge in [-0.25, -0.2) is 18.4 Å². The molecule has 8 nitrogen and oxygen atoms in total. The summed E-state index contributed by atoms with van der Waals surface area (Å²) in [6.45, 7) is 2.04. The Morgan fingerprint density at radius 2 is 1.97 bits per heavy atom. The second-order valence-electron chi connectivity index (χ2n) is 7.08. The van der Waals surface area contributed by atoms with Gasteiger partial charge in [0.05, 0.1) is 34.0 Å². The van der Waals surface area contributed by atoms with Crippen LogP contribution in [0.3, 0.4) is 0 Å². The van der Waals surface area contributed by atoms with Gasteiger partial charge in [-0.3, -0.25) is 4.79 Å². The van der Waals surface area contributed by atoms with Crippen molar-refractivity contribution in [3.63, 3.8) is 0 Å². The zero-order valence-corrected chi connectivity index (χ0v) is 17.4. The van der Waals surface area contributed by atoms with Crippen molar-refractivity contribution in [1.29, 1.82) is 0 Å². The number of aliphatic hydroxyl groups excluding tert-OH is 1. The Labute approximate surface area is 185 Å². The Morgan fingerprint density at radius 3 is 2.66 bits per heavy atom. The predicted octanol–water partition coefficient (Wildman–Crippen LogP) is 3.32. The molecular formula is C21H17ClF2N6O2. The number of carbonyl (C=O) groups is 1. The van der Waals surface area contributed by atoms with Gasteiger partial charge in [-0.15, -0.1) is 5.10 Å². The highest BCUT2D eigenvalue weighted by Gasteiger charge is 2.20. The molecule has 0 radical (unpaired) electrons. The van der Waals surface area contributed by atoms with Crippen LogP contribution in [0, 0.1) is 18.6 Å². The zero-order chi connectivity index (χ0) is 23.0. The Bertz CT molecular complexity index is 1320. The number of halogens is 3. The van der Waals surface area contributed by atoms with E-state index in [1.54, 1.807) is 23.7 Å². The Hall–Kier alpha value is -3.47. The van der Waals surface area contributed by atoms with Gasteiger partial charge in [0.2, 0.25) is 0 Å². The Balaban J connectivity index is 1.66. The second kappa shape index (κ2) is 8.58. The van der Waals surface area contributed by atoms with E-state index in [9.17, 15) is 18.7 Å². The monoisotopic (exact) mass is 458 g/mol. The first-order valence-corrected chi connectivity index (χ1v) is 9.80. The average Bonchev–Trinajstić information content (AvgIpc) is 3.09. The van der Waals surface area contributed by atoms with E-state index < -0.39 is 18.0 Å². The summed E-state index contributed by atoms with van der Waals surface area (Å²) in [7, 11) is 0. The van der Waals surface area contributed by atoms with Crippen LogP contribution < -0.4 is 11.1 Å². The number of hydrogen-bond donors (Lipinski definition) is 3. The summed E-state index contributed by atoms with van der Waals surface area (Å²) in [6, 6.07) is 9.58. The van der Waals surface area contributed by atoms with Crippen molar-refractivity contribution in [2.24, 2.45) is 5.73 Å². The molecule has 0 aliphatic heterocycles. The second-order valence-corrected chi connectivity index (χ2v) is 7.49. The molecule has 1 amide bonds. The molecule has 0 saturated heterocycles.